The number of likely N-dealkylation sites (tertiary alicyclic amines) is 1. The summed E-state index contributed by atoms with van der Waals surface area (Å²) in [6.07, 6.45) is 3.87. The van der Waals surface area contributed by atoms with Crippen LogP contribution in [-0.4, -0.2) is 88.5 Å². The summed E-state index contributed by atoms with van der Waals surface area (Å²) < 4.78 is 10.5. The summed E-state index contributed by atoms with van der Waals surface area (Å²) in [5.41, 5.74) is 2.08. The van der Waals surface area contributed by atoms with E-state index >= 15 is 0 Å². The van der Waals surface area contributed by atoms with Gasteiger partial charge in [0, 0.05) is 49.8 Å². The maximum atomic E-state index is 13.3. The summed E-state index contributed by atoms with van der Waals surface area (Å²) in [5.74, 6) is -2.29. The first kappa shape index (κ1) is 25.6. The Labute approximate surface area is 209 Å². The van der Waals surface area contributed by atoms with Gasteiger partial charge in [0.25, 0.3) is 11.7 Å². The number of carbonyl (C=O) groups excluding carboxylic acids is 3. The van der Waals surface area contributed by atoms with Crippen molar-refractivity contribution in [1.29, 1.82) is 0 Å². The Kier molecular flexibility index (Phi) is 7.85. The van der Waals surface area contributed by atoms with E-state index in [0.717, 1.165) is 19.6 Å². The molecule has 10 heteroatoms. The van der Waals surface area contributed by atoms with Gasteiger partial charge < -0.3 is 24.5 Å². The highest BCUT2D eigenvalue weighted by Gasteiger charge is 2.46. The molecule has 4 heterocycles. The lowest BCUT2D eigenvalue weighted by atomic mass is 9.95. The van der Waals surface area contributed by atoms with E-state index < -0.39 is 23.7 Å². The van der Waals surface area contributed by atoms with Crippen molar-refractivity contribution in [3.05, 3.63) is 58.2 Å². The van der Waals surface area contributed by atoms with Crippen LogP contribution in [0.4, 0.5) is 0 Å². The number of aromatic amines is 1. The van der Waals surface area contributed by atoms with E-state index in [9.17, 15) is 19.5 Å². The SMILES string of the molecule is CCOC(=O)c1[nH]c(C)c(/C(O)=C2\C(=O)C(=O)N(CCCN3CCOCC3)[C@@H]2c2cccnc2)c1C. The Hall–Kier alpha value is -3.50. The number of morpholine rings is 1. The summed E-state index contributed by atoms with van der Waals surface area (Å²) in [6.45, 7) is 9.42. The molecule has 1 atom stereocenters. The normalized spacial score (nSPS) is 20.2. The maximum absolute atomic E-state index is 13.3. The van der Waals surface area contributed by atoms with Crippen LogP contribution < -0.4 is 0 Å². The monoisotopic (exact) mass is 496 g/mol. The van der Waals surface area contributed by atoms with Gasteiger partial charge in [-0.15, -0.1) is 0 Å². The van der Waals surface area contributed by atoms with Gasteiger partial charge >= 0.3 is 5.97 Å². The van der Waals surface area contributed by atoms with Gasteiger partial charge in [-0.2, -0.15) is 0 Å². The number of nitrogens with zero attached hydrogens (tertiary/aromatic N) is 3. The number of H-pyrrole nitrogens is 1. The van der Waals surface area contributed by atoms with Crippen LogP contribution in [-0.2, 0) is 19.1 Å². The van der Waals surface area contributed by atoms with Crippen LogP contribution in [0.15, 0.2) is 30.1 Å². The van der Waals surface area contributed by atoms with Crippen LogP contribution in [0.3, 0.4) is 0 Å². The number of Topliss-reactive ketones (excluding diaryl/α,β-unsaturated/α-hetero) is 1. The quantitative estimate of drug-likeness (QED) is 0.247. The number of esters is 1. The smallest absolute Gasteiger partial charge is 0.355 e. The van der Waals surface area contributed by atoms with Crippen LogP contribution in [0.2, 0.25) is 0 Å². The van der Waals surface area contributed by atoms with Crippen molar-refractivity contribution < 1.29 is 29.0 Å². The number of carbonyl (C=O) groups is 3. The Bertz CT molecular complexity index is 1170. The van der Waals surface area contributed by atoms with Gasteiger partial charge in [0.05, 0.1) is 31.4 Å². The van der Waals surface area contributed by atoms with Crippen molar-refractivity contribution in [3.8, 4) is 0 Å². The number of aromatic nitrogens is 2. The molecule has 2 aliphatic rings. The minimum Gasteiger partial charge on any atom is -0.507 e. The first-order valence-electron chi connectivity index (χ1n) is 12.2. The van der Waals surface area contributed by atoms with E-state index in [4.69, 9.17) is 9.47 Å². The number of rotatable bonds is 8. The molecule has 0 aliphatic carbocycles. The standard InChI is InChI=1S/C26H32N4O6/c1-4-36-26(34)21-16(2)19(17(3)28-21)23(31)20-22(18-7-5-8-27-15-18)30(25(33)24(20)32)10-6-9-29-11-13-35-14-12-29/h5,7-8,15,22,28,31H,4,6,9-14H2,1-3H3/b23-20+/t22-/m1/s1. The zero-order valence-electron chi connectivity index (χ0n) is 20.9. The minimum atomic E-state index is -0.789. The molecular weight excluding hydrogens is 464 g/mol. The van der Waals surface area contributed by atoms with Crippen LogP contribution in [0.5, 0.6) is 0 Å². The van der Waals surface area contributed by atoms with Gasteiger partial charge in [-0.3, -0.25) is 19.5 Å². The molecule has 2 saturated heterocycles. The van der Waals surface area contributed by atoms with Crippen LogP contribution in [0.25, 0.3) is 5.76 Å². The molecule has 2 aromatic heterocycles. The van der Waals surface area contributed by atoms with Gasteiger partial charge in [0.1, 0.15) is 11.5 Å². The Balaban J connectivity index is 1.71. The highest BCUT2D eigenvalue weighted by atomic mass is 16.5. The molecule has 0 radical (unpaired) electrons. The lowest BCUT2D eigenvalue weighted by molar-refractivity contribution is -0.140. The van der Waals surface area contributed by atoms with E-state index in [1.807, 2.05) is 0 Å². The van der Waals surface area contributed by atoms with Crippen molar-refractivity contribution in [2.24, 2.45) is 0 Å². The van der Waals surface area contributed by atoms with Crippen molar-refractivity contribution in [3.63, 3.8) is 0 Å². The molecule has 0 saturated carbocycles. The molecule has 0 aromatic carbocycles. The maximum Gasteiger partial charge on any atom is 0.355 e. The lowest BCUT2D eigenvalue weighted by Gasteiger charge is -2.29. The number of aryl methyl sites for hydroxylation is 1. The average Bonchev–Trinajstić information content (AvgIpc) is 3.32. The molecule has 0 bridgehead atoms. The summed E-state index contributed by atoms with van der Waals surface area (Å²) in [7, 11) is 0. The molecule has 2 N–H and O–H groups in total. The molecule has 10 nitrogen and oxygen atoms in total. The average molecular weight is 497 g/mol. The topological polar surface area (TPSA) is 125 Å². The third-order valence-corrected chi connectivity index (χ3v) is 6.67. The fraction of sp³-hybridized carbons (Fsp3) is 0.462. The molecule has 36 heavy (non-hydrogen) atoms. The molecule has 1 amide bonds. The lowest BCUT2D eigenvalue weighted by Crippen LogP contribution is -2.39. The highest BCUT2D eigenvalue weighted by Crippen LogP contribution is 2.40. The molecule has 0 unspecified atom stereocenters. The first-order valence-corrected chi connectivity index (χ1v) is 12.2. The summed E-state index contributed by atoms with van der Waals surface area (Å²) in [4.78, 5) is 49.8. The number of hydrogen-bond acceptors (Lipinski definition) is 8. The van der Waals surface area contributed by atoms with Gasteiger partial charge in [-0.1, -0.05) is 6.07 Å². The Morgan fingerprint density at radius 3 is 2.67 bits per heavy atom. The van der Waals surface area contributed by atoms with Crippen LogP contribution in [0, 0.1) is 13.8 Å². The number of aliphatic hydroxyl groups excluding tert-OH is 1. The number of ketones is 1. The second kappa shape index (κ2) is 11.0. The Morgan fingerprint density at radius 1 is 1.25 bits per heavy atom. The summed E-state index contributed by atoms with van der Waals surface area (Å²) >= 11 is 0. The number of hydrogen-bond donors (Lipinski definition) is 2. The third-order valence-electron chi connectivity index (χ3n) is 6.67. The second-order valence-corrected chi connectivity index (χ2v) is 8.93. The molecular formula is C26H32N4O6. The van der Waals surface area contributed by atoms with Crippen molar-refractivity contribution in [1.82, 2.24) is 19.8 Å². The zero-order chi connectivity index (χ0) is 25.8. The van der Waals surface area contributed by atoms with E-state index in [0.29, 0.717) is 48.6 Å². The van der Waals surface area contributed by atoms with Crippen molar-refractivity contribution in [2.45, 2.75) is 33.2 Å². The van der Waals surface area contributed by atoms with Crippen LogP contribution >= 0.6 is 0 Å². The summed E-state index contributed by atoms with van der Waals surface area (Å²) in [5, 5.41) is 11.4. The van der Waals surface area contributed by atoms with Crippen LogP contribution in [0.1, 0.15) is 52.3 Å². The molecule has 2 fully saturated rings. The highest BCUT2D eigenvalue weighted by molar-refractivity contribution is 6.46. The van der Waals surface area contributed by atoms with E-state index in [-0.39, 0.29) is 23.6 Å². The number of aliphatic hydroxyl groups is 1. The van der Waals surface area contributed by atoms with Gasteiger partial charge in [0.15, 0.2) is 0 Å². The molecule has 2 aromatic rings. The second-order valence-electron chi connectivity index (χ2n) is 8.93. The fourth-order valence-corrected chi connectivity index (χ4v) is 4.93. The molecule has 4 rings (SSSR count). The number of amides is 1. The number of pyridine rings is 1. The van der Waals surface area contributed by atoms with E-state index in [1.54, 1.807) is 45.3 Å². The van der Waals surface area contributed by atoms with Gasteiger partial charge in [-0.05, 0) is 44.4 Å². The van der Waals surface area contributed by atoms with E-state index in [2.05, 4.69) is 14.9 Å². The first-order chi connectivity index (χ1) is 17.3. The molecule has 192 valence electrons. The molecule has 2 aliphatic heterocycles. The van der Waals surface area contributed by atoms with Gasteiger partial charge in [0.2, 0.25) is 0 Å². The predicted molar refractivity (Wildman–Crippen MR) is 131 cm³/mol. The van der Waals surface area contributed by atoms with Gasteiger partial charge in [-0.25, -0.2) is 4.79 Å². The van der Waals surface area contributed by atoms with Crippen molar-refractivity contribution in [2.75, 3.05) is 46.0 Å². The predicted octanol–water partition coefficient (Wildman–Crippen LogP) is 2.35. The fourth-order valence-electron chi connectivity index (χ4n) is 4.93. The molecule has 0 spiro atoms. The Morgan fingerprint density at radius 2 is 2.00 bits per heavy atom. The van der Waals surface area contributed by atoms with E-state index in [1.165, 1.54) is 4.90 Å². The number of ether oxygens (including phenoxy) is 2. The summed E-state index contributed by atoms with van der Waals surface area (Å²) in [6, 6.07) is 2.73. The number of nitrogens with one attached hydrogen (secondary N) is 1. The third kappa shape index (κ3) is 4.91. The van der Waals surface area contributed by atoms with Crippen molar-refractivity contribution >= 4 is 23.4 Å². The largest absolute Gasteiger partial charge is 0.507 e. The minimum absolute atomic E-state index is 0.0139. The zero-order valence-corrected chi connectivity index (χ0v) is 20.9.